The van der Waals surface area contributed by atoms with Crippen LogP contribution in [0, 0.1) is 0 Å². The molecule has 3 heteroatoms. The maximum Gasteiger partial charge on any atom is 0.119 e. The molecule has 1 aliphatic heterocycles. The second kappa shape index (κ2) is 6.19. The molecule has 1 atom stereocenters. The second-order valence-corrected chi connectivity index (χ2v) is 5.71. The van der Waals surface area contributed by atoms with Crippen molar-refractivity contribution in [3.8, 4) is 5.75 Å². The van der Waals surface area contributed by atoms with E-state index in [1.807, 2.05) is 6.07 Å². The van der Waals surface area contributed by atoms with Gasteiger partial charge in [-0.2, -0.15) is 0 Å². The van der Waals surface area contributed by atoms with Gasteiger partial charge in [0.05, 0.1) is 7.11 Å². The fraction of sp³-hybridized carbons (Fsp3) is 0.333. The summed E-state index contributed by atoms with van der Waals surface area (Å²) in [6, 6.07) is 16.9. The number of ether oxygens (including phenoxy) is 1. The highest BCUT2D eigenvalue weighted by atomic mass is 16.5. The highest BCUT2D eigenvalue weighted by Crippen LogP contribution is 2.31. The van der Waals surface area contributed by atoms with Gasteiger partial charge in [0.25, 0.3) is 0 Å². The Bertz CT molecular complexity index is 612. The second-order valence-electron chi connectivity index (χ2n) is 5.71. The number of fused-ring (bicyclic) bond motifs is 1. The van der Waals surface area contributed by atoms with E-state index in [1.54, 1.807) is 7.11 Å². The molecule has 0 radical (unpaired) electrons. The third-order valence-corrected chi connectivity index (χ3v) is 4.06. The summed E-state index contributed by atoms with van der Waals surface area (Å²) in [4.78, 5) is 2.38. The molecule has 21 heavy (non-hydrogen) atoms. The zero-order chi connectivity index (χ0) is 14.7. The van der Waals surface area contributed by atoms with Crippen molar-refractivity contribution in [3.05, 3.63) is 59.7 Å². The predicted octanol–water partition coefficient (Wildman–Crippen LogP) is 3.34. The van der Waals surface area contributed by atoms with Crippen LogP contribution in [-0.2, 0) is 6.54 Å². The predicted molar refractivity (Wildman–Crippen MR) is 87.0 cm³/mol. The molecular weight excluding hydrogens is 260 g/mol. The molecule has 0 aromatic heterocycles. The standard InChI is InChI=1S/C18H22N2O/c1-20(12-14-6-5-7-16(10-14)21-2)13-15-11-19-18-9-4-3-8-17(15)18/h3-10,15,19H,11-13H2,1-2H3. The number of hydrogen-bond acceptors (Lipinski definition) is 3. The molecule has 110 valence electrons. The van der Waals surface area contributed by atoms with Crippen molar-refractivity contribution in [1.29, 1.82) is 0 Å². The lowest BCUT2D eigenvalue weighted by Gasteiger charge is -2.21. The molecule has 0 bridgehead atoms. The van der Waals surface area contributed by atoms with Crippen LogP contribution in [0.4, 0.5) is 5.69 Å². The molecular formula is C18H22N2O. The highest BCUT2D eigenvalue weighted by Gasteiger charge is 2.22. The molecule has 0 aliphatic carbocycles. The van der Waals surface area contributed by atoms with E-state index in [-0.39, 0.29) is 0 Å². The first-order chi connectivity index (χ1) is 10.3. The average Bonchev–Trinajstić information content (AvgIpc) is 2.91. The summed E-state index contributed by atoms with van der Waals surface area (Å²) in [6.45, 7) is 3.03. The minimum absolute atomic E-state index is 0.566. The minimum atomic E-state index is 0.566. The van der Waals surface area contributed by atoms with E-state index in [0.29, 0.717) is 5.92 Å². The lowest BCUT2D eigenvalue weighted by atomic mass is 10.0. The molecule has 1 N–H and O–H groups in total. The van der Waals surface area contributed by atoms with E-state index in [0.717, 1.165) is 25.4 Å². The van der Waals surface area contributed by atoms with E-state index in [1.165, 1.54) is 16.8 Å². The first-order valence-electron chi connectivity index (χ1n) is 7.40. The van der Waals surface area contributed by atoms with E-state index >= 15 is 0 Å². The van der Waals surface area contributed by atoms with Crippen LogP contribution >= 0.6 is 0 Å². The minimum Gasteiger partial charge on any atom is -0.497 e. The van der Waals surface area contributed by atoms with Gasteiger partial charge in [0.2, 0.25) is 0 Å². The SMILES string of the molecule is COc1cccc(CN(C)CC2CNc3ccccc32)c1. The lowest BCUT2D eigenvalue weighted by molar-refractivity contribution is 0.309. The van der Waals surface area contributed by atoms with E-state index in [2.05, 4.69) is 59.7 Å². The van der Waals surface area contributed by atoms with Crippen LogP contribution in [0.15, 0.2) is 48.5 Å². The molecule has 1 unspecified atom stereocenters. The van der Waals surface area contributed by atoms with Gasteiger partial charge >= 0.3 is 0 Å². The van der Waals surface area contributed by atoms with Gasteiger partial charge in [0.1, 0.15) is 5.75 Å². The normalized spacial score (nSPS) is 16.6. The third-order valence-electron chi connectivity index (χ3n) is 4.06. The third kappa shape index (κ3) is 3.19. The van der Waals surface area contributed by atoms with Crippen LogP contribution < -0.4 is 10.1 Å². The van der Waals surface area contributed by atoms with Crippen molar-refractivity contribution in [3.63, 3.8) is 0 Å². The highest BCUT2D eigenvalue weighted by molar-refractivity contribution is 5.57. The first-order valence-corrected chi connectivity index (χ1v) is 7.40. The van der Waals surface area contributed by atoms with Gasteiger partial charge in [0.15, 0.2) is 0 Å². The number of likely N-dealkylation sites (N-methyl/N-ethyl adjacent to an activating group) is 1. The van der Waals surface area contributed by atoms with Crippen LogP contribution in [0.25, 0.3) is 0 Å². The Hall–Kier alpha value is -2.00. The number of hydrogen-bond donors (Lipinski definition) is 1. The summed E-state index contributed by atoms with van der Waals surface area (Å²) in [5.41, 5.74) is 4.02. The van der Waals surface area contributed by atoms with Crippen molar-refractivity contribution in [2.45, 2.75) is 12.5 Å². The van der Waals surface area contributed by atoms with E-state index < -0.39 is 0 Å². The molecule has 0 saturated heterocycles. The number of nitrogens with zero attached hydrogens (tertiary/aromatic N) is 1. The Morgan fingerprint density at radius 1 is 1.19 bits per heavy atom. The number of benzene rings is 2. The van der Waals surface area contributed by atoms with Crippen LogP contribution in [0.1, 0.15) is 17.0 Å². The number of rotatable bonds is 5. The molecule has 2 aromatic carbocycles. The smallest absolute Gasteiger partial charge is 0.119 e. The zero-order valence-electron chi connectivity index (χ0n) is 12.7. The van der Waals surface area contributed by atoms with Crippen LogP contribution in [0.2, 0.25) is 0 Å². The van der Waals surface area contributed by atoms with Gasteiger partial charge in [0, 0.05) is 31.2 Å². The average molecular weight is 282 g/mol. The van der Waals surface area contributed by atoms with Gasteiger partial charge in [-0.25, -0.2) is 0 Å². The Kier molecular flexibility index (Phi) is 4.11. The Balaban J connectivity index is 1.63. The summed E-state index contributed by atoms with van der Waals surface area (Å²) in [6.07, 6.45) is 0. The molecule has 1 heterocycles. The summed E-state index contributed by atoms with van der Waals surface area (Å²) in [5, 5.41) is 3.49. The fourth-order valence-electron chi connectivity index (χ4n) is 3.04. The van der Waals surface area contributed by atoms with Gasteiger partial charge in [-0.05, 0) is 36.4 Å². The summed E-state index contributed by atoms with van der Waals surface area (Å²) in [7, 11) is 3.89. The Morgan fingerprint density at radius 2 is 2.05 bits per heavy atom. The van der Waals surface area contributed by atoms with Crippen LogP contribution in [-0.4, -0.2) is 32.1 Å². The monoisotopic (exact) mass is 282 g/mol. The summed E-state index contributed by atoms with van der Waals surface area (Å²) in [5.74, 6) is 1.49. The fourth-order valence-corrected chi connectivity index (χ4v) is 3.04. The first kappa shape index (κ1) is 14.0. The quantitative estimate of drug-likeness (QED) is 0.910. The number of methoxy groups -OCH3 is 1. The molecule has 2 aromatic rings. The van der Waals surface area contributed by atoms with Crippen molar-refractivity contribution in [1.82, 2.24) is 4.90 Å². The maximum atomic E-state index is 5.29. The van der Waals surface area contributed by atoms with Gasteiger partial charge in [-0.15, -0.1) is 0 Å². The summed E-state index contributed by atoms with van der Waals surface area (Å²) < 4.78 is 5.29. The Morgan fingerprint density at radius 3 is 2.90 bits per heavy atom. The topological polar surface area (TPSA) is 24.5 Å². The zero-order valence-corrected chi connectivity index (χ0v) is 12.7. The lowest BCUT2D eigenvalue weighted by Crippen LogP contribution is -2.25. The van der Waals surface area contributed by atoms with Crippen LogP contribution in [0.3, 0.4) is 0 Å². The Labute approximate surface area is 126 Å². The molecule has 0 fully saturated rings. The van der Waals surface area contributed by atoms with Gasteiger partial charge < -0.3 is 15.0 Å². The van der Waals surface area contributed by atoms with Gasteiger partial charge in [-0.3, -0.25) is 0 Å². The maximum absolute atomic E-state index is 5.29. The number of anilines is 1. The van der Waals surface area contributed by atoms with Crippen molar-refractivity contribution in [2.24, 2.45) is 0 Å². The molecule has 0 spiro atoms. The summed E-state index contributed by atoms with van der Waals surface area (Å²) >= 11 is 0. The van der Waals surface area contributed by atoms with Crippen molar-refractivity contribution >= 4 is 5.69 Å². The van der Waals surface area contributed by atoms with Crippen molar-refractivity contribution < 1.29 is 4.74 Å². The van der Waals surface area contributed by atoms with Gasteiger partial charge in [-0.1, -0.05) is 30.3 Å². The van der Waals surface area contributed by atoms with E-state index in [4.69, 9.17) is 4.74 Å². The number of nitrogens with one attached hydrogen (secondary N) is 1. The molecule has 0 amide bonds. The molecule has 3 rings (SSSR count). The molecule has 0 saturated carbocycles. The largest absolute Gasteiger partial charge is 0.497 e. The number of para-hydroxylation sites is 1. The van der Waals surface area contributed by atoms with Crippen LogP contribution in [0.5, 0.6) is 5.75 Å². The van der Waals surface area contributed by atoms with Crippen molar-refractivity contribution in [2.75, 3.05) is 32.6 Å². The molecule has 3 nitrogen and oxygen atoms in total. The van der Waals surface area contributed by atoms with E-state index in [9.17, 15) is 0 Å². The molecule has 1 aliphatic rings.